The molecule has 3 rings (SSSR count). The Bertz CT molecular complexity index is 535. The smallest absolute Gasteiger partial charge is 0.264 e. The number of hydrogen-bond acceptors (Lipinski definition) is 5. The number of nitrogen functional groups attached to an aromatic ring is 1. The average Bonchev–Trinajstić information content (AvgIpc) is 3.05. The van der Waals surface area contributed by atoms with Crippen molar-refractivity contribution in [3.63, 3.8) is 0 Å². The van der Waals surface area contributed by atoms with E-state index in [1.165, 1.54) is 12.8 Å². The summed E-state index contributed by atoms with van der Waals surface area (Å²) in [6.07, 6.45) is 3.48. The molecular formula is C13H15N3O2. The summed E-state index contributed by atoms with van der Waals surface area (Å²) >= 11 is 0. The molecule has 2 aromatic rings. The summed E-state index contributed by atoms with van der Waals surface area (Å²) in [5.74, 6) is 2.75. The van der Waals surface area contributed by atoms with Gasteiger partial charge in [-0.2, -0.15) is 4.98 Å². The minimum Gasteiger partial charge on any atom is -0.484 e. The molecule has 1 aliphatic rings. The van der Waals surface area contributed by atoms with E-state index in [9.17, 15) is 0 Å². The SMILES string of the molecule is Nc1cccc(OCc2nc(CC3CC3)no2)c1. The number of hydrogen-bond donors (Lipinski definition) is 1. The molecule has 0 aliphatic heterocycles. The zero-order valence-electron chi connectivity index (χ0n) is 10.0. The second-order valence-electron chi connectivity index (χ2n) is 4.61. The van der Waals surface area contributed by atoms with Crippen LogP contribution in [0.5, 0.6) is 5.75 Å². The topological polar surface area (TPSA) is 74.2 Å². The van der Waals surface area contributed by atoms with Gasteiger partial charge in [0, 0.05) is 18.2 Å². The summed E-state index contributed by atoms with van der Waals surface area (Å²) in [5.41, 5.74) is 6.34. The predicted molar refractivity (Wildman–Crippen MR) is 65.9 cm³/mol. The molecular weight excluding hydrogens is 230 g/mol. The molecule has 1 heterocycles. The van der Waals surface area contributed by atoms with Crippen LogP contribution in [0, 0.1) is 5.92 Å². The molecule has 0 saturated heterocycles. The monoisotopic (exact) mass is 245 g/mol. The fraction of sp³-hybridized carbons (Fsp3) is 0.385. The highest BCUT2D eigenvalue weighted by molar-refractivity contribution is 5.43. The van der Waals surface area contributed by atoms with Crippen LogP contribution < -0.4 is 10.5 Å². The van der Waals surface area contributed by atoms with Crippen molar-refractivity contribution in [3.05, 3.63) is 36.0 Å². The molecule has 94 valence electrons. The van der Waals surface area contributed by atoms with Gasteiger partial charge in [0.15, 0.2) is 12.4 Å². The van der Waals surface area contributed by atoms with E-state index in [0.29, 0.717) is 17.3 Å². The van der Waals surface area contributed by atoms with E-state index in [1.54, 1.807) is 6.07 Å². The van der Waals surface area contributed by atoms with Gasteiger partial charge in [-0.05, 0) is 30.9 Å². The van der Waals surface area contributed by atoms with E-state index in [2.05, 4.69) is 10.1 Å². The van der Waals surface area contributed by atoms with Crippen LogP contribution in [0.3, 0.4) is 0 Å². The second kappa shape index (κ2) is 4.68. The van der Waals surface area contributed by atoms with Crippen molar-refractivity contribution in [2.45, 2.75) is 25.9 Å². The van der Waals surface area contributed by atoms with Crippen molar-refractivity contribution in [1.82, 2.24) is 10.1 Å². The van der Waals surface area contributed by atoms with Gasteiger partial charge in [-0.15, -0.1) is 0 Å². The molecule has 1 fully saturated rings. The number of ether oxygens (including phenoxy) is 1. The van der Waals surface area contributed by atoms with Crippen molar-refractivity contribution < 1.29 is 9.26 Å². The molecule has 5 heteroatoms. The Morgan fingerprint density at radius 3 is 3.06 bits per heavy atom. The maximum absolute atomic E-state index is 5.66. The van der Waals surface area contributed by atoms with Crippen molar-refractivity contribution in [3.8, 4) is 5.75 Å². The maximum atomic E-state index is 5.66. The van der Waals surface area contributed by atoms with Crippen LogP contribution in [-0.2, 0) is 13.0 Å². The summed E-state index contributed by atoms with van der Waals surface area (Å²) < 4.78 is 10.7. The highest BCUT2D eigenvalue weighted by Gasteiger charge is 2.24. The normalized spacial score (nSPS) is 14.7. The van der Waals surface area contributed by atoms with Crippen LogP contribution in [0.2, 0.25) is 0 Å². The Morgan fingerprint density at radius 2 is 2.28 bits per heavy atom. The summed E-state index contributed by atoms with van der Waals surface area (Å²) in [4.78, 5) is 4.29. The molecule has 0 amide bonds. The molecule has 2 N–H and O–H groups in total. The third-order valence-corrected chi connectivity index (χ3v) is 2.90. The first kappa shape index (κ1) is 11.1. The van der Waals surface area contributed by atoms with E-state index in [1.807, 2.05) is 18.2 Å². The van der Waals surface area contributed by atoms with E-state index in [0.717, 1.165) is 18.2 Å². The standard InChI is InChI=1S/C13H15N3O2/c14-10-2-1-3-11(7-10)17-8-13-15-12(16-18-13)6-9-4-5-9/h1-3,7,9H,4-6,8,14H2. The summed E-state index contributed by atoms with van der Waals surface area (Å²) in [5, 5.41) is 3.94. The van der Waals surface area contributed by atoms with Crippen molar-refractivity contribution in [1.29, 1.82) is 0 Å². The highest BCUT2D eigenvalue weighted by Crippen LogP contribution is 2.31. The van der Waals surface area contributed by atoms with Crippen molar-refractivity contribution in [2.24, 2.45) is 5.92 Å². The number of nitrogens with two attached hydrogens (primary N) is 1. The molecule has 0 radical (unpaired) electrons. The number of rotatable bonds is 5. The minimum absolute atomic E-state index is 0.279. The maximum Gasteiger partial charge on any atom is 0.264 e. The van der Waals surface area contributed by atoms with Gasteiger partial charge in [0.05, 0.1) is 0 Å². The van der Waals surface area contributed by atoms with E-state index < -0.39 is 0 Å². The first-order valence-electron chi connectivity index (χ1n) is 6.09. The van der Waals surface area contributed by atoms with Gasteiger partial charge >= 0.3 is 0 Å². The van der Waals surface area contributed by atoms with Crippen LogP contribution in [0.1, 0.15) is 24.6 Å². The van der Waals surface area contributed by atoms with Crippen molar-refractivity contribution in [2.75, 3.05) is 5.73 Å². The van der Waals surface area contributed by atoms with Crippen LogP contribution in [0.4, 0.5) is 5.69 Å². The lowest BCUT2D eigenvalue weighted by molar-refractivity contribution is 0.242. The van der Waals surface area contributed by atoms with E-state index >= 15 is 0 Å². The lowest BCUT2D eigenvalue weighted by atomic mass is 10.3. The Kier molecular flexibility index (Phi) is 2.88. The molecule has 1 aromatic heterocycles. The molecule has 0 atom stereocenters. The molecule has 0 unspecified atom stereocenters. The zero-order chi connectivity index (χ0) is 12.4. The molecule has 1 aliphatic carbocycles. The van der Waals surface area contributed by atoms with Crippen molar-refractivity contribution >= 4 is 5.69 Å². The van der Waals surface area contributed by atoms with Gasteiger partial charge in [-0.1, -0.05) is 11.2 Å². The quantitative estimate of drug-likeness (QED) is 0.817. The first-order chi connectivity index (χ1) is 8.79. The van der Waals surface area contributed by atoms with Gasteiger partial charge in [-0.3, -0.25) is 0 Å². The van der Waals surface area contributed by atoms with Gasteiger partial charge in [0.1, 0.15) is 5.75 Å². The molecule has 18 heavy (non-hydrogen) atoms. The summed E-state index contributed by atoms with van der Waals surface area (Å²) in [6.45, 7) is 0.279. The minimum atomic E-state index is 0.279. The molecule has 0 bridgehead atoms. The Morgan fingerprint density at radius 1 is 1.39 bits per heavy atom. The van der Waals surface area contributed by atoms with Crippen LogP contribution in [0.25, 0.3) is 0 Å². The Balaban J connectivity index is 1.57. The fourth-order valence-corrected chi connectivity index (χ4v) is 1.76. The second-order valence-corrected chi connectivity index (χ2v) is 4.61. The number of nitrogens with zero attached hydrogens (tertiary/aromatic N) is 2. The van der Waals surface area contributed by atoms with Gasteiger partial charge in [-0.25, -0.2) is 0 Å². The van der Waals surface area contributed by atoms with Crippen LogP contribution in [-0.4, -0.2) is 10.1 Å². The number of anilines is 1. The Labute approximate surface area is 105 Å². The summed E-state index contributed by atoms with van der Waals surface area (Å²) in [7, 11) is 0. The van der Waals surface area contributed by atoms with Gasteiger partial charge < -0.3 is 15.0 Å². The third kappa shape index (κ3) is 2.80. The fourth-order valence-electron chi connectivity index (χ4n) is 1.76. The van der Waals surface area contributed by atoms with Crippen LogP contribution in [0.15, 0.2) is 28.8 Å². The predicted octanol–water partition coefficient (Wildman–Crippen LogP) is 2.18. The van der Waals surface area contributed by atoms with Gasteiger partial charge in [0.25, 0.3) is 5.89 Å². The zero-order valence-corrected chi connectivity index (χ0v) is 10.0. The average molecular weight is 245 g/mol. The van der Waals surface area contributed by atoms with E-state index in [4.69, 9.17) is 15.0 Å². The number of benzene rings is 1. The number of aromatic nitrogens is 2. The lowest BCUT2D eigenvalue weighted by Crippen LogP contribution is -1.97. The molecule has 5 nitrogen and oxygen atoms in total. The molecule has 1 aromatic carbocycles. The van der Waals surface area contributed by atoms with E-state index in [-0.39, 0.29) is 6.61 Å². The first-order valence-corrected chi connectivity index (χ1v) is 6.09. The lowest BCUT2D eigenvalue weighted by Gasteiger charge is -2.03. The highest BCUT2D eigenvalue weighted by atomic mass is 16.5. The van der Waals surface area contributed by atoms with Crippen LogP contribution >= 0.6 is 0 Å². The third-order valence-electron chi connectivity index (χ3n) is 2.90. The Hall–Kier alpha value is -2.04. The molecule has 1 saturated carbocycles. The van der Waals surface area contributed by atoms with Gasteiger partial charge in [0.2, 0.25) is 0 Å². The summed E-state index contributed by atoms with van der Waals surface area (Å²) in [6, 6.07) is 7.27. The largest absolute Gasteiger partial charge is 0.484 e. The molecule has 0 spiro atoms.